The zero-order valence-corrected chi connectivity index (χ0v) is 15.4. The third-order valence-corrected chi connectivity index (χ3v) is 5.00. The average molecular weight is 365 g/mol. The second kappa shape index (κ2) is 7.31. The molecule has 0 saturated carbocycles. The van der Waals surface area contributed by atoms with Gasteiger partial charge in [0.2, 0.25) is 5.91 Å². The Bertz CT molecular complexity index is 844. The van der Waals surface area contributed by atoms with Gasteiger partial charge in [0.05, 0.1) is 5.69 Å². The van der Waals surface area contributed by atoms with Gasteiger partial charge in [0.1, 0.15) is 12.3 Å². The van der Waals surface area contributed by atoms with Crippen molar-refractivity contribution in [3.63, 3.8) is 0 Å². The van der Waals surface area contributed by atoms with Crippen LogP contribution >= 0.6 is 0 Å². The van der Waals surface area contributed by atoms with E-state index in [1.165, 1.54) is 23.4 Å². The lowest BCUT2D eigenvalue weighted by atomic mass is 10.2. The van der Waals surface area contributed by atoms with Crippen molar-refractivity contribution in [3.05, 3.63) is 48.5 Å². The van der Waals surface area contributed by atoms with Gasteiger partial charge in [0.25, 0.3) is 5.91 Å². The van der Waals surface area contributed by atoms with E-state index in [1.807, 2.05) is 36.4 Å². The molecule has 2 aliphatic rings. The van der Waals surface area contributed by atoms with E-state index in [-0.39, 0.29) is 18.4 Å². The second-order valence-corrected chi connectivity index (χ2v) is 6.94. The first-order chi connectivity index (χ1) is 13.1. The van der Waals surface area contributed by atoms with Crippen molar-refractivity contribution in [2.45, 2.75) is 25.9 Å². The molecular formula is C21H23N3O3. The number of carbonyl (C=O) groups is 2. The minimum absolute atomic E-state index is 0.0442. The van der Waals surface area contributed by atoms with Gasteiger partial charge >= 0.3 is 0 Å². The maximum Gasteiger partial charge on any atom is 0.268 e. The number of hydrogen-bond acceptors (Lipinski definition) is 4. The highest BCUT2D eigenvalue weighted by atomic mass is 16.5. The quantitative estimate of drug-likeness (QED) is 0.905. The number of benzene rings is 2. The SMILES string of the molecule is C[C@H]1Oc2ccccc2N(CC(=O)Nc2ccc(N3CCCC3)cc2)C1=O. The summed E-state index contributed by atoms with van der Waals surface area (Å²) < 4.78 is 5.61. The molecule has 2 aliphatic heterocycles. The van der Waals surface area contributed by atoms with Crippen molar-refractivity contribution in [1.82, 2.24) is 0 Å². The summed E-state index contributed by atoms with van der Waals surface area (Å²) in [5.41, 5.74) is 2.53. The van der Waals surface area contributed by atoms with Crippen LogP contribution in [0.5, 0.6) is 5.75 Å². The van der Waals surface area contributed by atoms with Crippen LogP contribution in [0.3, 0.4) is 0 Å². The van der Waals surface area contributed by atoms with Crippen LogP contribution in [0.1, 0.15) is 19.8 Å². The number of amides is 2. The van der Waals surface area contributed by atoms with Gasteiger partial charge in [-0.25, -0.2) is 0 Å². The Balaban J connectivity index is 1.44. The fourth-order valence-electron chi connectivity index (χ4n) is 3.60. The number of ether oxygens (including phenoxy) is 1. The Labute approximate surface area is 158 Å². The highest BCUT2D eigenvalue weighted by Gasteiger charge is 2.32. The molecule has 0 unspecified atom stereocenters. The summed E-state index contributed by atoms with van der Waals surface area (Å²) in [5.74, 6) is 0.168. The Kier molecular flexibility index (Phi) is 4.71. The Hall–Kier alpha value is -3.02. The second-order valence-electron chi connectivity index (χ2n) is 6.94. The number of para-hydroxylation sites is 2. The van der Waals surface area contributed by atoms with Gasteiger partial charge in [-0.1, -0.05) is 12.1 Å². The average Bonchev–Trinajstić information content (AvgIpc) is 3.21. The molecule has 1 fully saturated rings. The number of nitrogens with zero attached hydrogens (tertiary/aromatic N) is 2. The first-order valence-corrected chi connectivity index (χ1v) is 9.34. The van der Waals surface area contributed by atoms with E-state index in [9.17, 15) is 9.59 Å². The molecule has 0 radical (unpaired) electrons. The maximum absolute atomic E-state index is 12.5. The minimum Gasteiger partial charge on any atom is -0.479 e. The lowest BCUT2D eigenvalue weighted by Crippen LogP contribution is -2.47. The van der Waals surface area contributed by atoms with E-state index >= 15 is 0 Å². The summed E-state index contributed by atoms with van der Waals surface area (Å²) >= 11 is 0. The van der Waals surface area contributed by atoms with Gasteiger partial charge in [0.15, 0.2) is 6.10 Å². The molecule has 0 aliphatic carbocycles. The number of anilines is 3. The molecule has 140 valence electrons. The zero-order chi connectivity index (χ0) is 18.8. The summed E-state index contributed by atoms with van der Waals surface area (Å²) in [6.45, 7) is 3.82. The zero-order valence-electron chi connectivity index (χ0n) is 15.4. The molecule has 1 N–H and O–H groups in total. The van der Waals surface area contributed by atoms with Crippen molar-refractivity contribution >= 4 is 28.9 Å². The predicted octanol–water partition coefficient (Wildman–Crippen LogP) is 3.04. The molecule has 2 heterocycles. The topological polar surface area (TPSA) is 61.9 Å². The molecule has 27 heavy (non-hydrogen) atoms. The summed E-state index contributed by atoms with van der Waals surface area (Å²) in [6, 6.07) is 15.1. The van der Waals surface area contributed by atoms with E-state index in [1.54, 1.807) is 19.1 Å². The Morgan fingerprint density at radius 1 is 1.11 bits per heavy atom. The van der Waals surface area contributed by atoms with Crippen molar-refractivity contribution < 1.29 is 14.3 Å². The molecule has 6 nitrogen and oxygen atoms in total. The van der Waals surface area contributed by atoms with Crippen molar-refractivity contribution in [2.24, 2.45) is 0 Å². The lowest BCUT2D eigenvalue weighted by molar-refractivity contribution is -0.127. The standard InChI is InChI=1S/C21H23N3O3/c1-15-21(26)24(18-6-2-3-7-19(18)27-15)14-20(25)22-16-8-10-17(11-9-16)23-12-4-5-13-23/h2-3,6-11,15H,4-5,12-14H2,1H3,(H,22,25)/t15-/m1/s1. The van der Waals surface area contributed by atoms with Gasteiger partial charge in [0, 0.05) is 24.5 Å². The van der Waals surface area contributed by atoms with E-state index in [0.717, 1.165) is 18.8 Å². The Morgan fingerprint density at radius 2 is 1.81 bits per heavy atom. The molecular weight excluding hydrogens is 342 g/mol. The van der Waals surface area contributed by atoms with Crippen LogP contribution in [0.15, 0.2) is 48.5 Å². The number of carbonyl (C=O) groups excluding carboxylic acids is 2. The van der Waals surface area contributed by atoms with E-state index in [2.05, 4.69) is 10.2 Å². The van der Waals surface area contributed by atoms with E-state index < -0.39 is 6.10 Å². The number of hydrogen-bond donors (Lipinski definition) is 1. The molecule has 1 atom stereocenters. The molecule has 2 aromatic carbocycles. The summed E-state index contributed by atoms with van der Waals surface area (Å²) in [5, 5.41) is 2.88. The summed E-state index contributed by atoms with van der Waals surface area (Å²) in [4.78, 5) is 28.8. The van der Waals surface area contributed by atoms with Gasteiger partial charge in [-0.15, -0.1) is 0 Å². The van der Waals surface area contributed by atoms with Gasteiger partial charge < -0.3 is 15.0 Å². The van der Waals surface area contributed by atoms with Crippen LogP contribution in [0.2, 0.25) is 0 Å². The van der Waals surface area contributed by atoms with Crippen molar-refractivity contribution in [2.75, 3.05) is 34.8 Å². The molecule has 2 amide bonds. The first-order valence-electron chi connectivity index (χ1n) is 9.34. The third-order valence-electron chi connectivity index (χ3n) is 5.00. The van der Waals surface area contributed by atoms with Crippen LogP contribution in [-0.2, 0) is 9.59 Å². The molecule has 4 rings (SSSR count). The van der Waals surface area contributed by atoms with Crippen LogP contribution in [0, 0.1) is 0 Å². The molecule has 0 spiro atoms. The van der Waals surface area contributed by atoms with Gasteiger partial charge in [-0.3, -0.25) is 14.5 Å². The largest absolute Gasteiger partial charge is 0.479 e. The van der Waals surface area contributed by atoms with Crippen molar-refractivity contribution in [3.8, 4) is 5.75 Å². The fourth-order valence-corrected chi connectivity index (χ4v) is 3.60. The third kappa shape index (κ3) is 3.60. The van der Waals surface area contributed by atoms with Crippen LogP contribution in [-0.4, -0.2) is 37.6 Å². The molecule has 6 heteroatoms. The Morgan fingerprint density at radius 3 is 2.56 bits per heavy atom. The molecule has 0 aromatic heterocycles. The van der Waals surface area contributed by atoms with E-state index in [0.29, 0.717) is 11.4 Å². The normalized spacial score (nSPS) is 18.9. The molecule has 0 bridgehead atoms. The number of nitrogens with one attached hydrogen (secondary N) is 1. The lowest BCUT2D eigenvalue weighted by Gasteiger charge is -2.32. The molecule has 1 saturated heterocycles. The predicted molar refractivity (Wildman–Crippen MR) is 105 cm³/mol. The number of rotatable bonds is 4. The monoisotopic (exact) mass is 365 g/mol. The van der Waals surface area contributed by atoms with Crippen LogP contribution < -0.4 is 19.9 Å². The summed E-state index contributed by atoms with van der Waals surface area (Å²) in [6.07, 6.45) is 1.85. The molecule has 2 aromatic rings. The minimum atomic E-state index is -0.604. The van der Waals surface area contributed by atoms with Crippen LogP contribution in [0.4, 0.5) is 17.1 Å². The first kappa shape index (κ1) is 17.4. The van der Waals surface area contributed by atoms with Crippen LogP contribution in [0.25, 0.3) is 0 Å². The summed E-state index contributed by atoms with van der Waals surface area (Å²) in [7, 11) is 0. The van der Waals surface area contributed by atoms with Gasteiger partial charge in [-0.2, -0.15) is 0 Å². The number of fused-ring (bicyclic) bond motifs is 1. The smallest absolute Gasteiger partial charge is 0.268 e. The fraction of sp³-hybridized carbons (Fsp3) is 0.333. The highest BCUT2D eigenvalue weighted by Crippen LogP contribution is 2.33. The van der Waals surface area contributed by atoms with Gasteiger partial charge in [-0.05, 0) is 56.2 Å². The maximum atomic E-state index is 12.5. The highest BCUT2D eigenvalue weighted by molar-refractivity contribution is 6.06. The van der Waals surface area contributed by atoms with Crippen molar-refractivity contribution in [1.29, 1.82) is 0 Å². The van der Waals surface area contributed by atoms with E-state index in [4.69, 9.17) is 4.74 Å².